The second-order valence-electron chi connectivity index (χ2n) is 12.6. The SMILES string of the molecule is CN1CCC(NC(=O)c2ccc3c(C4CCCC4)c(-c4cccc(N)n4)n(C)c3c2)(C(=O)Nc2ccc(/C=C/C(=O)O)cc2)CC1. The van der Waals surface area contributed by atoms with Crippen LogP contribution in [0.5, 0.6) is 0 Å². The summed E-state index contributed by atoms with van der Waals surface area (Å²) in [5.41, 5.74) is 10.8. The number of benzene rings is 2. The number of carbonyl (C=O) groups excluding carboxylic acids is 2. The van der Waals surface area contributed by atoms with Gasteiger partial charge in [-0.1, -0.05) is 37.1 Å². The number of rotatable bonds is 8. The van der Waals surface area contributed by atoms with Gasteiger partial charge in [0.15, 0.2) is 0 Å². The first-order valence-electron chi connectivity index (χ1n) is 15.8. The van der Waals surface area contributed by atoms with Gasteiger partial charge >= 0.3 is 5.97 Å². The summed E-state index contributed by atoms with van der Waals surface area (Å²) in [4.78, 5) is 45.4. The highest BCUT2D eigenvalue weighted by molar-refractivity contribution is 6.05. The normalized spacial score (nSPS) is 17.0. The lowest BCUT2D eigenvalue weighted by atomic mass is 9.86. The quantitative estimate of drug-likeness (QED) is 0.193. The van der Waals surface area contributed by atoms with Crippen LogP contribution in [0.25, 0.3) is 28.4 Å². The van der Waals surface area contributed by atoms with Crippen LogP contribution in [0.1, 0.15) is 65.9 Å². The van der Waals surface area contributed by atoms with Gasteiger partial charge in [-0.05, 0) is 92.2 Å². The molecule has 0 spiro atoms. The number of aliphatic carboxylic acids is 1. The molecule has 10 heteroatoms. The molecule has 1 saturated heterocycles. The van der Waals surface area contributed by atoms with Crippen LogP contribution < -0.4 is 16.4 Å². The number of hydrogen-bond acceptors (Lipinski definition) is 6. The number of piperidine rings is 1. The fourth-order valence-electron chi connectivity index (χ4n) is 6.92. The molecule has 1 saturated carbocycles. The van der Waals surface area contributed by atoms with Crippen molar-refractivity contribution < 1.29 is 19.5 Å². The number of fused-ring (bicyclic) bond motifs is 1. The molecule has 238 valence electrons. The molecule has 4 aromatic rings. The number of nitrogen functional groups attached to an aromatic ring is 1. The van der Waals surface area contributed by atoms with Crippen LogP contribution in [0.3, 0.4) is 0 Å². The molecule has 2 aliphatic rings. The number of hydrogen-bond donors (Lipinski definition) is 4. The molecule has 2 aromatic heterocycles. The first-order chi connectivity index (χ1) is 22.1. The van der Waals surface area contributed by atoms with Crippen LogP contribution >= 0.6 is 0 Å². The van der Waals surface area contributed by atoms with Crippen molar-refractivity contribution in [3.63, 3.8) is 0 Å². The Bertz CT molecular complexity index is 1810. The second-order valence-corrected chi connectivity index (χ2v) is 12.6. The van der Waals surface area contributed by atoms with Gasteiger partial charge in [0.05, 0.1) is 11.4 Å². The Balaban J connectivity index is 1.30. The number of likely N-dealkylation sites (tertiary alicyclic amines) is 1. The summed E-state index contributed by atoms with van der Waals surface area (Å²) >= 11 is 0. The minimum absolute atomic E-state index is 0.277. The predicted molar refractivity (Wildman–Crippen MR) is 180 cm³/mol. The van der Waals surface area contributed by atoms with Gasteiger partial charge in [-0.2, -0.15) is 0 Å². The summed E-state index contributed by atoms with van der Waals surface area (Å²) in [6.45, 7) is 1.32. The maximum atomic E-state index is 13.9. The number of carbonyl (C=O) groups is 3. The molecule has 1 aliphatic heterocycles. The topological polar surface area (TPSA) is 143 Å². The molecular formula is C36H40N6O4. The van der Waals surface area contributed by atoms with E-state index < -0.39 is 11.5 Å². The van der Waals surface area contributed by atoms with E-state index in [0.717, 1.165) is 41.2 Å². The number of carboxylic acids is 1. The average molecular weight is 621 g/mol. The first-order valence-corrected chi connectivity index (χ1v) is 15.8. The van der Waals surface area contributed by atoms with E-state index in [4.69, 9.17) is 10.8 Å². The Morgan fingerprint density at radius 3 is 2.39 bits per heavy atom. The zero-order valence-electron chi connectivity index (χ0n) is 26.3. The van der Waals surface area contributed by atoms with Crippen molar-refractivity contribution in [2.45, 2.75) is 50.0 Å². The van der Waals surface area contributed by atoms with Crippen molar-refractivity contribution in [1.82, 2.24) is 19.8 Å². The highest BCUT2D eigenvalue weighted by Crippen LogP contribution is 2.44. The van der Waals surface area contributed by atoms with E-state index >= 15 is 0 Å². The number of amides is 2. The molecule has 1 aliphatic carbocycles. The van der Waals surface area contributed by atoms with Crippen LogP contribution in [0.4, 0.5) is 11.5 Å². The lowest BCUT2D eigenvalue weighted by Crippen LogP contribution is -2.61. The Morgan fingerprint density at radius 2 is 1.72 bits per heavy atom. The number of nitrogens with one attached hydrogen (secondary N) is 2. The molecule has 6 rings (SSSR count). The molecule has 0 atom stereocenters. The second kappa shape index (κ2) is 12.8. The molecule has 0 bridgehead atoms. The molecule has 2 amide bonds. The van der Waals surface area contributed by atoms with Crippen molar-refractivity contribution in [2.24, 2.45) is 7.05 Å². The number of aromatic nitrogens is 2. The lowest BCUT2D eigenvalue weighted by Gasteiger charge is -2.40. The molecule has 5 N–H and O–H groups in total. The highest BCUT2D eigenvalue weighted by atomic mass is 16.4. The maximum Gasteiger partial charge on any atom is 0.328 e. The molecule has 2 fully saturated rings. The minimum atomic E-state index is -1.10. The average Bonchev–Trinajstić information content (AvgIpc) is 3.68. The lowest BCUT2D eigenvalue weighted by molar-refractivity contribution is -0.131. The van der Waals surface area contributed by atoms with Gasteiger partial charge in [-0.25, -0.2) is 9.78 Å². The largest absolute Gasteiger partial charge is 0.478 e. The summed E-state index contributed by atoms with van der Waals surface area (Å²) in [5.74, 6) is -0.733. The van der Waals surface area contributed by atoms with Gasteiger partial charge in [0.2, 0.25) is 5.91 Å². The van der Waals surface area contributed by atoms with Gasteiger partial charge < -0.3 is 30.9 Å². The van der Waals surface area contributed by atoms with E-state index in [0.29, 0.717) is 54.5 Å². The predicted octanol–water partition coefficient (Wildman–Crippen LogP) is 5.41. The Kier molecular flexibility index (Phi) is 8.64. The van der Waals surface area contributed by atoms with E-state index in [1.54, 1.807) is 30.3 Å². The molecule has 46 heavy (non-hydrogen) atoms. The van der Waals surface area contributed by atoms with Crippen LogP contribution in [0.15, 0.2) is 66.7 Å². The third-order valence-corrected chi connectivity index (χ3v) is 9.49. The fourth-order valence-corrected chi connectivity index (χ4v) is 6.92. The van der Waals surface area contributed by atoms with Gasteiger partial charge in [-0.3, -0.25) is 9.59 Å². The van der Waals surface area contributed by atoms with Crippen molar-refractivity contribution >= 4 is 46.3 Å². The number of nitrogens with zero attached hydrogens (tertiary/aromatic N) is 3. The van der Waals surface area contributed by atoms with Crippen LogP contribution in [0, 0.1) is 0 Å². The summed E-state index contributed by atoms with van der Waals surface area (Å²) in [6.07, 6.45) is 8.09. The Morgan fingerprint density at radius 1 is 1.00 bits per heavy atom. The maximum absolute atomic E-state index is 13.9. The molecule has 2 aromatic carbocycles. The van der Waals surface area contributed by atoms with E-state index in [-0.39, 0.29) is 11.8 Å². The molecular weight excluding hydrogens is 580 g/mol. The van der Waals surface area contributed by atoms with E-state index in [2.05, 4.69) is 25.1 Å². The number of nitrogens with two attached hydrogens (primary N) is 1. The van der Waals surface area contributed by atoms with E-state index in [9.17, 15) is 14.4 Å². The number of anilines is 2. The van der Waals surface area contributed by atoms with Crippen LogP contribution in [0.2, 0.25) is 0 Å². The van der Waals surface area contributed by atoms with Crippen molar-refractivity contribution in [2.75, 3.05) is 31.2 Å². The number of carboxylic acid groups (broad SMARTS) is 1. The zero-order chi connectivity index (χ0) is 32.4. The summed E-state index contributed by atoms with van der Waals surface area (Å²) in [6, 6.07) is 18.4. The molecule has 3 heterocycles. The van der Waals surface area contributed by atoms with Crippen molar-refractivity contribution in [3.8, 4) is 11.4 Å². The first kappa shape index (κ1) is 31.0. The Labute approximate surface area is 268 Å². The van der Waals surface area contributed by atoms with Crippen LogP contribution in [-0.2, 0) is 16.6 Å². The fraction of sp³-hybridized carbons (Fsp3) is 0.333. The van der Waals surface area contributed by atoms with Crippen molar-refractivity contribution in [3.05, 3.63) is 83.4 Å². The smallest absolute Gasteiger partial charge is 0.328 e. The molecule has 0 unspecified atom stereocenters. The van der Waals surface area contributed by atoms with Gasteiger partial charge in [0, 0.05) is 48.4 Å². The standard InChI is InChI=1S/C36H40N6O4/c1-41-20-18-36(19-21-41,35(46)38-26-14-10-23(11-15-26)12-17-31(43)44)40-34(45)25-13-16-27-29(22-25)42(2)33(28-8-5-9-30(37)39-28)32(27)24-6-3-4-7-24/h5,8-17,22,24H,3-4,6-7,18-21H2,1-2H3,(H2,37,39)(H,38,46)(H,40,45)(H,43,44)/b17-12+. The van der Waals surface area contributed by atoms with E-state index in [1.807, 2.05) is 44.4 Å². The molecule has 10 nitrogen and oxygen atoms in total. The number of pyridine rings is 1. The van der Waals surface area contributed by atoms with Gasteiger partial charge in [0.1, 0.15) is 11.4 Å². The Hall–Kier alpha value is -4.96. The van der Waals surface area contributed by atoms with Crippen molar-refractivity contribution in [1.29, 1.82) is 0 Å². The summed E-state index contributed by atoms with van der Waals surface area (Å²) in [5, 5.41) is 16.1. The summed E-state index contributed by atoms with van der Waals surface area (Å²) in [7, 11) is 4.02. The highest BCUT2D eigenvalue weighted by Gasteiger charge is 2.42. The number of aryl methyl sites for hydroxylation is 1. The molecule has 0 radical (unpaired) electrons. The van der Waals surface area contributed by atoms with E-state index in [1.165, 1.54) is 24.5 Å². The third kappa shape index (κ3) is 6.25. The third-order valence-electron chi connectivity index (χ3n) is 9.49. The monoisotopic (exact) mass is 620 g/mol. The minimum Gasteiger partial charge on any atom is -0.478 e. The van der Waals surface area contributed by atoms with Gasteiger partial charge in [0.25, 0.3) is 5.91 Å². The zero-order valence-corrected chi connectivity index (χ0v) is 26.3. The van der Waals surface area contributed by atoms with Crippen LogP contribution in [-0.4, -0.2) is 63.0 Å². The summed E-state index contributed by atoms with van der Waals surface area (Å²) < 4.78 is 2.12. The van der Waals surface area contributed by atoms with Gasteiger partial charge in [-0.15, -0.1) is 0 Å².